The molecule has 1 aromatic carbocycles. The van der Waals surface area contributed by atoms with Crippen molar-refractivity contribution in [1.82, 2.24) is 4.90 Å². The lowest BCUT2D eigenvalue weighted by molar-refractivity contribution is -0.123. The second-order valence-corrected chi connectivity index (χ2v) is 5.97. The molecule has 0 amide bonds. The molecule has 0 aliphatic heterocycles. The maximum absolute atomic E-state index is 11.4. The lowest BCUT2D eigenvalue weighted by atomic mass is 9.66. The van der Waals surface area contributed by atoms with Crippen LogP contribution in [0.2, 0.25) is 0 Å². The number of ether oxygens (including phenoxy) is 1. The Labute approximate surface area is 128 Å². The van der Waals surface area contributed by atoms with Gasteiger partial charge in [-0.15, -0.1) is 12.4 Å². The predicted octanol–water partition coefficient (Wildman–Crippen LogP) is 3.20. The number of aliphatic hydroxyl groups is 1. The summed E-state index contributed by atoms with van der Waals surface area (Å²) in [7, 11) is 5.77. The van der Waals surface area contributed by atoms with Crippen LogP contribution >= 0.6 is 12.4 Å². The second-order valence-electron chi connectivity index (χ2n) is 5.97. The summed E-state index contributed by atoms with van der Waals surface area (Å²) >= 11 is 0. The summed E-state index contributed by atoms with van der Waals surface area (Å²) in [5, 5.41) is 11.4. The van der Waals surface area contributed by atoms with Crippen molar-refractivity contribution < 1.29 is 9.84 Å². The summed E-state index contributed by atoms with van der Waals surface area (Å²) in [4.78, 5) is 2.16. The van der Waals surface area contributed by atoms with E-state index < -0.39 is 5.60 Å². The number of hydrogen-bond donors (Lipinski definition) is 1. The summed E-state index contributed by atoms with van der Waals surface area (Å²) in [6.45, 7) is 2.16. The van der Waals surface area contributed by atoms with E-state index in [-0.39, 0.29) is 17.9 Å². The largest absolute Gasteiger partial charge is 0.497 e. The minimum absolute atomic E-state index is 0. The molecule has 1 aromatic rings. The summed E-state index contributed by atoms with van der Waals surface area (Å²) in [5.74, 6) is 0.803. The predicted molar refractivity (Wildman–Crippen MR) is 84.7 cm³/mol. The van der Waals surface area contributed by atoms with Crippen LogP contribution in [-0.2, 0) is 5.60 Å². The van der Waals surface area contributed by atoms with Crippen molar-refractivity contribution in [2.75, 3.05) is 21.2 Å². The number of halogens is 1. The lowest BCUT2D eigenvalue weighted by Crippen LogP contribution is -2.59. The van der Waals surface area contributed by atoms with Gasteiger partial charge in [0.1, 0.15) is 11.4 Å². The molecule has 0 saturated heterocycles. The van der Waals surface area contributed by atoms with E-state index in [0.717, 1.165) is 30.6 Å². The molecule has 1 saturated carbocycles. The molecule has 0 aromatic heterocycles. The fourth-order valence-electron chi connectivity index (χ4n) is 3.26. The van der Waals surface area contributed by atoms with Gasteiger partial charge in [-0.2, -0.15) is 0 Å². The van der Waals surface area contributed by atoms with E-state index in [0.29, 0.717) is 0 Å². The van der Waals surface area contributed by atoms with Crippen LogP contribution in [0.15, 0.2) is 24.3 Å². The Morgan fingerprint density at radius 1 is 1.20 bits per heavy atom. The quantitative estimate of drug-likeness (QED) is 0.930. The Bertz CT molecular complexity index is 452. The maximum atomic E-state index is 11.4. The number of nitrogens with zero attached hydrogens (tertiary/aromatic N) is 1. The van der Waals surface area contributed by atoms with Gasteiger partial charge in [0.25, 0.3) is 0 Å². The lowest BCUT2D eigenvalue weighted by Gasteiger charge is -2.52. The number of likely N-dealkylation sites (N-methyl/N-ethyl adjacent to an activating group) is 1. The highest BCUT2D eigenvalue weighted by molar-refractivity contribution is 5.85. The molecule has 0 radical (unpaired) electrons. The molecule has 0 heterocycles. The fourth-order valence-corrected chi connectivity index (χ4v) is 3.26. The van der Waals surface area contributed by atoms with Gasteiger partial charge in [0.2, 0.25) is 0 Å². The van der Waals surface area contributed by atoms with E-state index in [9.17, 15) is 5.11 Å². The van der Waals surface area contributed by atoms with Crippen molar-refractivity contribution >= 4 is 12.4 Å². The molecule has 1 aliphatic rings. The molecule has 20 heavy (non-hydrogen) atoms. The van der Waals surface area contributed by atoms with Gasteiger partial charge >= 0.3 is 0 Å². The van der Waals surface area contributed by atoms with Gasteiger partial charge in [-0.25, -0.2) is 0 Å². The zero-order chi connectivity index (χ0) is 14.1. The topological polar surface area (TPSA) is 32.7 Å². The molecule has 2 atom stereocenters. The molecular formula is C16H26ClNO2. The van der Waals surface area contributed by atoms with Crippen LogP contribution in [0.1, 0.15) is 38.2 Å². The van der Waals surface area contributed by atoms with Crippen LogP contribution in [0, 0.1) is 0 Å². The van der Waals surface area contributed by atoms with Crippen molar-refractivity contribution in [3.05, 3.63) is 29.8 Å². The van der Waals surface area contributed by atoms with Gasteiger partial charge in [-0.3, -0.25) is 0 Å². The van der Waals surface area contributed by atoms with Crippen molar-refractivity contribution in [1.29, 1.82) is 0 Å². The van der Waals surface area contributed by atoms with E-state index in [1.807, 2.05) is 24.3 Å². The van der Waals surface area contributed by atoms with Crippen LogP contribution < -0.4 is 4.74 Å². The van der Waals surface area contributed by atoms with Gasteiger partial charge < -0.3 is 14.7 Å². The first-order valence-electron chi connectivity index (χ1n) is 6.98. The fraction of sp³-hybridized carbons (Fsp3) is 0.625. The summed E-state index contributed by atoms with van der Waals surface area (Å²) < 4.78 is 5.29. The maximum Gasteiger partial charge on any atom is 0.119 e. The van der Waals surface area contributed by atoms with Crippen LogP contribution in [-0.4, -0.2) is 36.8 Å². The van der Waals surface area contributed by atoms with E-state index in [4.69, 9.17) is 4.74 Å². The molecule has 1 aliphatic carbocycles. The first-order valence-corrected chi connectivity index (χ1v) is 6.98. The van der Waals surface area contributed by atoms with Crippen LogP contribution in [0.5, 0.6) is 5.75 Å². The van der Waals surface area contributed by atoms with Gasteiger partial charge in [-0.05, 0) is 51.6 Å². The average molecular weight is 300 g/mol. The first-order chi connectivity index (χ1) is 8.94. The van der Waals surface area contributed by atoms with Gasteiger partial charge in [0.15, 0.2) is 0 Å². The molecule has 0 spiro atoms. The molecule has 1 fully saturated rings. The summed E-state index contributed by atoms with van der Waals surface area (Å²) in [6.07, 6.45) is 4.04. The normalized spacial score (nSPS) is 29.9. The zero-order valence-electron chi connectivity index (χ0n) is 12.8. The number of benzene rings is 1. The van der Waals surface area contributed by atoms with Crippen molar-refractivity contribution in [3.8, 4) is 5.75 Å². The van der Waals surface area contributed by atoms with Crippen LogP contribution in [0.3, 0.4) is 0 Å². The molecule has 1 N–H and O–H groups in total. The monoisotopic (exact) mass is 299 g/mol. The van der Waals surface area contributed by atoms with E-state index in [1.165, 1.54) is 6.42 Å². The third kappa shape index (κ3) is 2.67. The van der Waals surface area contributed by atoms with Crippen LogP contribution in [0.4, 0.5) is 0 Å². The molecule has 2 unspecified atom stereocenters. The van der Waals surface area contributed by atoms with E-state index in [1.54, 1.807) is 7.11 Å². The number of hydrogen-bond acceptors (Lipinski definition) is 3. The Hall–Kier alpha value is -0.770. The SMILES string of the molecule is COc1cccc(C2(O)CCCCC2(C)N(C)C)c1.Cl. The zero-order valence-corrected chi connectivity index (χ0v) is 13.7. The molecule has 3 nitrogen and oxygen atoms in total. The standard InChI is InChI=1S/C16H25NO2.ClH/c1-15(17(2)3)10-5-6-11-16(15,18)13-8-7-9-14(12-13)19-4;/h7-9,12,18H,5-6,10-11H2,1-4H3;1H. The molecule has 2 rings (SSSR count). The third-order valence-electron chi connectivity index (χ3n) is 4.88. The highest BCUT2D eigenvalue weighted by atomic mass is 35.5. The van der Waals surface area contributed by atoms with Gasteiger partial charge in [0.05, 0.1) is 12.6 Å². The molecular weight excluding hydrogens is 274 g/mol. The Morgan fingerprint density at radius 2 is 1.85 bits per heavy atom. The summed E-state index contributed by atoms with van der Waals surface area (Å²) in [5.41, 5.74) is -0.0938. The molecule has 114 valence electrons. The van der Waals surface area contributed by atoms with Crippen molar-refractivity contribution in [3.63, 3.8) is 0 Å². The highest BCUT2D eigenvalue weighted by Gasteiger charge is 2.51. The average Bonchev–Trinajstić information content (AvgIpc) is 2.42. The molecule has 4 heteroatoms. The molecule has 0 bridgehead atoms. The first kappa shape index (κ1) is 17.3. The van der Waals surface area contributed by atoms with E-state index >= 15 is 0 Å². The van der Waals surface area contributed by atoms with Crippen LogP contribution in [0.25, 0.3) is 0 Å². The number of rotatable bonds is 3. The Kier molecular flexibility index (Phi) is 5.47. The van der Waals surface area contributed by atoms with Crippen molar-refractivity contribution in [2.24, 2.45) is 0 Å². The minimum Gasteiger partial charge on any atom is -0.497 e. The van der Waals surface area contributed by atoms with Crippen molar-refractivity contribution in [2.45, 2.75) is 43.7 Å². The Morgan fingerprint density at radius 3 is 2.45 bits per heavy atom. The smallest absolute Gasteiger partial charge is 0.119 e. The third-order valence-corrected chi connectivity index (χ3v) is 4.88. The Balaban J connectivity index is 0.00000200. The van der Waals surface area contributed by atoms with Gasteiger partial charge in [0, 0.05) is 0 Å². The summed E-state index contributed by atoms with van der Waals surface area (Å²) in [6, 6.07) is 7.85. The van der Waals surface area contributed by atoms with Gasteiger partial charge in [-0.1, -0.05) is 25.0 Å². The highest BCUT2D eigenvalue weighted by Crippen LogP contribution is 2.47. The number of methoxy groups -OCH3 is 1. The van der Waals surface area contributed by atoms with E-state index in [2.05, 4.69) is 25.9 Å². The second kappa shape index (κ2) is 6.33. The minimum atomic E-state index is -0.816.